The second-order valence-electron chi connectivity index (χ2n) is 4.99. The van der Waals surface area contributed by atoms with Crippen LogP contribution in [0.1, 0.15) is 38.0 Å². The number of rotatable bonds is 7. The molecule has 4 nitrogen and oxygen atoms in total. The second-order valence-corrected chi connectivity index (χ2v) is 4.99. The molecule has 104 valence electrons. The summed E-state index contributed by atoms with van der Waals surface area (Å²) in [5, 5.41) is 10.6. The predicted molar refractivity (Wildman–Crippen MR) is 76.8 cm³/mol. The first-order valence-electron chi connectivity index (χ1n) is 7.04. The van der Waals surface area contributed by atoms with Gasteiger partial charge in [-0.3, -0.25) is 5.10 Å². The molecule has 0 fully saturated rings. The van der Waals surface area contributed by atoms with Gasteiger partial charge in [0.25, 0.3) is 0 Å². The maximum atomic E-state index is 5.64. The minimum atomic E-state index is 0.751. The monoisotopic (exact) mass is 261 g/mol. The average molecular weight is 261 g/mol. The number of nitrogens with zero attached hydrogens (tertiary/aromatic N) is 1. The summed E-state index contributed by atoms with van der Waals surface area (Å²) in [4.78, 5) is 0. The summed E-state index contributed by atoms with van der Waals surface area (Å²) in [6, 6.07) is 3.95. The topological polar surface area (TPSA) is 53.9 Å². The highest BCUT2D eigenvalue weighted by atomic mass is 16.3. The van der Waals surface area contributed by atoms with E-state index in [0.29, 0.717) is 0 Å². The molecule has 2 N–H and O–H groups in total. The lowest BCUT2D eigenvalue weighted by molar-refractivity contribution is 0.449. The SMILES string of the molecule is CCC(CC)CNCc1cn[nH]c1-c1ccc(C)o1. The van der Waals surface area contributed by atoms with E-state index in [9.17, 15) is 0 Å². The van der Waals surface area contributed by atoms with Gasteiger partial charge in [-0.05, 0) is 31.5 Å². The van der Waals surface area contributed by atoms with Gasteiger partial charge in [0.05, 0.1) is 6.20 Å². The number of aromatic amines is 1. The smallest absolute Gasteiger partial charge is 0.152 e. The first kappa shape index (κ1) is 13.9. The molecule has 0 radical (unpaired) electrons. The molecule has 0 atom stereocenters. The van der Waals surface area contributed by atoms with Crippen LogP contribution in [0.25, 0.3) is 11.5 Å². The molecule has 0 bridgehead atoms. The number of furan rings is 1. The van der Waals surface area contributed by atoms with Gasteiger partial charge in [0.1, 0.15) is 11.5 Å². The van der Waals surface area contributed by atoms with Crippen LogP contribution in [0.15, 0.2) is 22.7 Å². The Morgan fingerprint density at radius 2 is 2.11 bits per heavy atom. The third kappa shape index (κ3) is 3.47. The molecule has 0 spiro atoms. The summed E-state index contributed by atoms with van der Waals surface area (Å²) in [7, 11) is 0. The molecule has 2 rings (SSSR count). The standard InChI is InChI=1S/C15H23N3O/c1-4-12(5-2)8-16-9-13-10-17-18-15(13)14-7-6-11(3)19-14/h6-7,10,12,16H,4-5,8-9H2,1-3H3,(H,17,18). The molecule has 0 aliphatic heterocycles. The maximum absolute atomic E-state index is 5.64. The normalized spacial score (nSPS) is 11.4. The fourth-order valence-corrected chi connectivity index (χ4v) is 2.22. The first-order valence-corrected chi connectivity index (χ1v) is 7.04. The number of aryl methyl sites for hydroxylation is 1. The molecule has 0 aliphatic rings. The Balaban J connectivity index is 1.97. The van der Waals surface area contributed by atoms with Crippen molar-refractivity contribution in [3.63, 3.8) is 0 Å². The van der Waals surface area contributed by atoms with E-state index < -0.39 is 0 Å². The fourth-order valence-electron chi connectivity index (χ4n) is 2.22. The third-order valence-corrected chi connectivity index (χ3v) is 3.61. The minimum Gasteiger partial charge on any atom is -0.460 e. The van der Waals surface area contributed by atoms with Gasteiger partial charge >= 0.3 is 0 Å². The minimum absolute atomic E-state index is 0.751. The summed E-state index contributed by atoms with van der Waals surface area (Å²) in [5.74, 6) is 2.52. The van der Waals surface area contributed by atoms with Crippen LogP contribution >= 0.6 is 0 Å². The van der Waals surface area contributed by atoms with E-state index >= 15 is 0 Å². The Morgan fingerprint density at radius 1 is 1.32 bits per heavy atom. The summed E-state index contributed by atoms with van der Waals surface area (Å²) >= 11 is 0. The zero-order chi connectivity index (χ0) is 13.7. The molecule has 0 saturated carbocycles. The van der Waals surface area contributed by atoms with E-state index in [2.05, 4.69) is 29.4 Å². The quantitative estimate of drug-likeness (QED) is 0.802. The van der Waals surface area contributed by atoms with E-state index in [-0.39, 0.29) is 0 Å². The molecule has 0 aromatic carbocycles. The third-order valence-electron chi connectivity index (χ3n) is 3.61. The van der Waals surface area contributed by atoms with E-state index in [1.165, 1.54) is 12.8 Å². The summed E-state index contributed by atoms with van der Waals surface area (Å²) in [6.07, 6.45) is 4.31. The Hall–Kier alpha value is -1.55. The highest BCUT2D eigenvalue weighted by Crippen LogP contribution is 2.23. The number of hydrogen-bond donors (Lipinski definition) is 2. The van der Waals surface area contributed by atoms with Crippen molar-refractivity contribution in [1.29, 1.82) is 0 Å². The van der Waals surface area contributed by atoms with Gasteiger partial charge in [-0.2, -0.15) is 5.10 Å². The van der Waals surface area contributed by atoms with E-state index in [0.717, 1.165) is 41.8 Å². The highest BCUT2D eigenvalue weighted by Gasteiger charge is 2.11. The molecule has 4 heteroatoms. The highest BCUT2D eigenvalue weighted by molar-refractivity contribution is 5.56. The Morgan fingerprint density at radius 3 is 2.74 bits per heavy atom. The molecule has 0 unspecified atom stereocenters. The summed E-state index contributed by atoms with van der Waals surface area (Å²) < 4.78 is 5.64. The Labute approximate surface area is 114 Å². The number of H-pyrrole nitrogens is 1. The van der Waals surface area contributed by atoms with Crippen molar-refractivity contribution >= 4 is 0 Å². The van der Waals surface area contributed by atoms with Crippen LogP contribution in [0.4, 0.5) is 0 Å². The van der Waals surface area contributed by atoms with Crippen LogP contribution < -0.4 is 5.32 Å². The molecule has 0 saturated heterocycles. The molecule has 2 aromatic heterocycles. The zero-order valence-corrected chi connectivity index (χ0v) is 12.0. The molecule has 2 heterocycles. The molecular weight excluding hydrogens is 238 g/mol. The van der Waals surface area contributed by atoms with E-state index in [4.69, 9.17) is 4.42 Å². The van der Waals surface area contributed by atoms with Crippen LogP contribution in [-0.4, -0.2) is 16.7 Å². The van der Waals surface area contributed by atoms with Gasteiger partial charge in [-0.15, -0.1) is 0 Å². The van der Waals surface area contributed by atoms with Crippen molar-refractivity contribution in [2.24, 2.45) is 5.92 Å². The Kier molecular flexibility index (Phi) is 4.80. The summed E-state index contributed by atoms with van der Waals surface area (Å²) in [6.45, 7) is 8.30. The van der Waals surface area contributed by atoms with Gasteiger partial charge in [0.15, 0.2) is 5.76 Å². The van der Waals surface area contributed by atoms with Gasteiger partial charge < -0.3 is 9.73 Å². The van der Waals surface area contributed by atoms with Crippen molar-refractivity contribution in [1.82, 2.24) is 15.5 Å². The van der Waals surface area contributed by atoms with E-state index in [1.807, 2.05) is 25.3 Å². The molecule has 0 aliphatic carbocycles. The van der Waals surface area contributed by atoms with Crippen LogP contribution in [0.2, 0.25) is 0 Å². The van der Waals surface area contributed by atoms with Crippen molar-refractivity contribution in [3.8, 4) is 11.5 Å². The fraction of sp³-hybridized carbons (Fsp3) is 0.533. The van der Waals surface area contributed by atoms with Crippen molar-refractivity contribution < 1.29 is 4.42 Å². The number of nitrogens with one attached hydrogen (secondary N) is 2. The lowest BCUT2D eigenvalue weighted by Crippen LogP contribution is -2.21. The van der Waals surface area contributed by atoms with Crippen molar-refractivity contribution in [2.75, 3.05) is 6.54 Å². The van der Waals surface area contributed by atoms with Gasteiger partial charge in [0, 0.05) is 12.1 Å². The van der Waals surface area contributed by atoms with Gasteiger partial charge in [-0.1, -0.05) is 26.7 Å². The van der Waals surface area contributed by atoms with Crippen molar-refractivity contribution in [3.05, 3.63) is 29.7 Å². The van der Waals surface area contributed by atoms with E-state index in [1.54, 1.807) is 0 Å². The lowest BCUT2D eigenvalue weighted by Gasteiger charge is -2.12. The molecular formula is C15H23N3O. The van der Waals surface area contributed by atoms with Gasteiger partial charge in [-0.25, -0.2) is 0 Å². The molecule has 0 amide bonds. The predicted octanol–water partition coefficient (Wildman–Crippen LogP) is 3.50. The van der Waals surface area contributed by atoms with Crippen LogP contribution in [-0.2, 0) is 6.54 Å². The molecule has 2 aromatic rings. The molecule has 19 heavy (non-hydrogen) atoms. The lowest BCUT2D eigenvalue weighted by atomic mass is 10.0. The average Bonchev–Trinajstić information content (AvgIpc) is 3.03. The Bertz CT molecular complexity index is 497. The zero-order valence-electron chi connectivity index (χ0n) is 12.0. The first-order chi connectivity index (χ1) is 9.24. The largest absolute Gasteiger partial charge is 0.460 e. The number of aromatic nitrogens is 2. The maximum Gasteiger partial charge on any atom is 0.152 e. The van der Waals surface area contributed by atoms with Crippen LogP contribution in [0.3, 0.4) is 0 Å². The van der Waals surface area contributed by atoms with Crippen molar-refractivity contribution in [2.45, 2.75) is 40.2 Å². The van der Waals surface area contributed by atoms with Crippen LogP contribution in [0.5, 0.6) is 0 Å². The van der Waals surface area contributed by atoms with Crippen LogP contribution in [0, 0.1) is 12.8 Å². The summed E-state index contributed by atoms with van der Waals surface area (Å²) in [5.41, 5.74) is 2.13. The number of hydrogen-bond acceptors (Lipinski definition) is 3. The van der Waals surface area contributed by atoms with Gasteiger partial charge in [0.2, 0.25) is 0 Å². The second kappa shape index (κ2) is 6.57.